The van der Waals surface area contributed by atoms with Crippen molar-refractivity contribution in [2.75, 3.05) is 37.6 Å². The molecule has 0 spiro atoms. The van der Waals surface area contributed by atoms with Gasteiger partial charge >= 0.3 is 0 Å². The molecule has 1 fully saturated rings. The highest BCUT2D eigenvalue weighted by Gasteiger charge is 2.36. The maximum Gasteiger partial charge on any atom is 0.225 e. The van der Waals surface area contributed by atoms with E-state index in [0.29, 0.717) is 18.4 Å². The number of anilines is 1. The zero-order valence-corrected chi connectivity index (χ0v) is 16.7. The summed E-state index contributed by atoms with van der Waals surface area (Å²) in [6, 6.07) is 1.84. The van der Waals surface area contributed by atoms with Crippen molar-refractivity contribution in [2.24, 2.45) is 11.8 Å². The third kappa shape index (κ3) is 3.48. The zero-order valence-electron chi connectivity index (χ0n) is 16.7. The first-order valence-corrected chi connectivity index (χ1v) is 10.8. The van der Waals surface area contributed by atoms with E-state index in [1.54, 1.807) is 17.0 Å². The lowest BCUT2D eigenvalue weighted by Gasteiger charge is -2.34. The van der Waals surface area contributed by atoms with Gasteiger partial charge in [0.15, 0.2) is 11.8 Å². The van der Waals surface area contributed by atoms with Crippen LogP contribution in [-0.2, 0) is 19.4 Å². The molecule has 2 aromatic heterocycles. The maximum atomic E-state index is 10.6. The fourth-order valence-corrected chi connectivity index (χ4v) is 4.90. The van der Waals surface area contributed by atoms with Crippen molar-refractivity contribution in [2.45, 2.75) is 32.2 Å². The molecule has 3 aliphatic rings. The Labute approximate surface area is 171 Å². The smallest absolute Gasteiger partial charge is 0.225 e. The monoisotopic (exact) mass is 395 g/mol. The Balaban J connectivity index is 1.09. The Hall–Kier alpha value is -2.54. The normalized spacial score (nSPS) is 23.5. The summed E-state index contributed by atoms with van der Waals surface area (Å²) in [6.07, 6.45) is 11.8. The van der Waals surface area contributed by atoms with E-state index in [4.69, 9.17) is 0 Å². The molecule has 1 aliphatic heterocycles. The summed E-state index contributed by atoms with van der Waals surface area (Å²) in [4.78, 5) is 13.4. The molecule has 3 heterocycles. The average Bonchev–Trinajstić information content (AvgIpc) is 2.97. The molecule has 0 saturated carbocycles. The number of hydrogen-bond acceptors (Lipinski definition) is 6. The Morgan fingerprint density at radius 2 is 1.41 bits per heavy atom. The van der Waals surface area contributed by atoms with E-state index in [0.717, 1.165) is 75.5 Å². The van der Waals surface area contributed by atoms with Crippen LogP contribution < -0.4 is 4.90 Å². The SMILES string of the molecule is Oc1c2c(c(O)n1CCCCN1CCN(c3ncccn3)CC1)CC1C=CC1C2. The van der Waals surface area contributed by atoms with Gasteiger partial charge in [0, 0.05) is 56.2 Å². The lowest BCUT2D eigenvalue weighted by molar-refractivity contribution is 0.248. The molecule has 1 saturated heterocycles. The molecule has 0 radical (unpaired) electrons. The topological polar surface area (TPSA) is 77.7 Å². The number of fused-ring (bicyclic) bond motifs is 2. The van der Waals surface area contributed by atoms with Crippen molar-refractivity contribution in [3.8, 4) is 11.8 Å². The van der Waals surface area contributed by atoms with Gasteiger partial charge in [-0.2, -0.15) is 0 Å². The Morgan fingerprint density at radius 1 is 0.828 bits per heavy atom. The van der Waals surface area contributed by atoms with Gasteiger partial charge in [0.1, 0.15) is 0 Å². The number of aromatic hydroxyl groups is 2. The molecular formula is C22H29N5O2. The molecule has 7 heteroatoms. The van der Waals surface area contributed by atoms with Crippen LogP contribution in [0.2, 0.25) is 0 Å². The van der Waals surface area contributed by atoms with Crippen LogP contribution in [0.4, 0.5) is 5.95 Å². The van der Waals surface area contributed by atoms with Gasteiger partial charge in [-0.15, -0.1) is 0 Å². The van der Waals surface area contributed by atoms with Crippen LogP contribution in [0.15, 0.2) is 30.6 Å². The highest BCUT2D eigenvalue weighted by Crippen LogP contribution is 2.46. The summed E-state index contributed by atoms with van der Waals surface area (Å²) in [5.41, 5.74) is 1.93. The van der Waals surface area contributed by atoms with Crippen molar-refractivity contribution in [3.05, 3.63) is 41.7 Å². The van der Waals surface area contributed by atoms with E-state index in [2.05, 4.69) is 31.9 Å². The predicted molar refractivity (Wildman–Crippen MR) is 111 cm³/mol. The summed E-state index contributed by atoms with van der Waals surface area (Å²) < 4.78 is 1.72. The molecular weight excluding hydrogens is 366 g/mol. The number of nitrogens with zero attached hydrogens (tertiary/aromatic N) is 5. The maximum absolute atomic E-state index is 10.6. The number of unbranched alkanes of at least 4 members (excludes halogenated alkanes) is 1. The van der Waals surface area contributed by atoms with Crippen molar-refractivity contribution < 1.29 is 10.2 Å². The van der Waals surface area contributed by atoms with E-state index in [1.807, 2.05) is 6.07 Å². The third-order valence-corrected chi connectivity index (χ3v) is 6.76. The van der Waals surface area contributed by atoms with Crippen LogP contribution in [0.1, 0.15) is 24.0 Å². The number of hydrogen-bond donors (Lipinski definition) is 2. The van der Waals surface area contributed by atoms with Crippen LogP contribution in [-0.4, -0.2) is 62.4 Å². The molecule has 154 valence electrons. The van der Waals surface area contributed by atoms with Crippen LogP contribution in [0, 0.1) is 11.8 Å². The number of piperazine rings is 1. The van der Waals surface area contributed by atoms with Crippen LogP contribution >= 0.6 is 0 Å². The van der Waals surface area contributed by atoms with E-state index in [1.165, 1.54) is 0 Å². The van der Waals surface area contributed by atoms with Crippen LogP contribution in [0.5, 0.6) is 11.8 Å². The summed E-state index contributed by atoms with van der Waals surface area (Å²) in [7, 11) is 0. The van der Waals surface area contributed by atoms with Crippen LogP contribution in [0.25, 0.3) is 0 Å². The molecule has 2 atom stereocenters. The van der Waals surface area contributed by atoms with E-state index in [9.17, 15) is 10.2 Å². The van der Waals surface area contributed by atoms with Crippen molar-refractivity contribution in [3.63, 3.8) is 0 Å². The average molecular weight is 396 g/mol. The molecule has 0 amide bonds. The quantitative estimate of drug-likeness (QED) is 0.577. The first-order chi connectivity index (χ1) is 14.2. The van der Waals surface area contributed by atoms with Crippen molar-refractivity contribution >= 4 is 5.95 Å². The highest BCUT2D eigenvalue weighted by molar-refractivity contribution is 5.49. The van der Waals surface area contributed by atoms with Gasteiger partial charge < -0.3 is 15.1 Å². The largest absolute Gasteiger partial charge is 0.494 e. The van der Waals surface area contributed by atoms with Gasteiger partial charge in [-0.25, -0.2) is 9.97 Å². The summed E-state index contributed by atoms with van der Waals surface area (Å²) in [6.45, 7) is 5.65. The van der Waals surface area contributed by atoms with E-state index < -0.39 is 0 Å². The fraction of sp³-hybridized carbons (Fsp3) is 0.545. The molecule has 2 N–H and O–H groups in total. The summed E-state index contributed by atoms with van der Waals surface area (Å²) in [5.74, 6) is 2.48. The first kappa shape index (κ1) is 18.5. The summed E-state index contributed by atoms with van der Waals surface area (Å²) in [5, 5.41) is 21.2. The minimum atomic E-state index is 0.285. The number of allylic oxidation sites excluding steroid dienone is 2. The second-order valence-corrected chi connectivity index (χ2v) is 8.46. The van der Waals surface area contributed by atoms with Crippen molar-refractivity contribution in [1.29, 1.82) is 0 Å². The fourth-order valence-electron chi connectivity index (χ4n) is 4.90. The zero-order chi connectivity index (χ0) is 19.8. The summed E-state index contributed by atoms with van der Waals surface area (Å²) >= 11 is 0. The molecule has 2 unspecified atom stereocenters. The van der Waals surface area contributed by atoms with Crippen molar-refractivity contribution in [1.82, 2.24) is 19.4 Å². The van der Waals surface area contributed by atoms with Gasteiger partial charge in [0.05, 0.1) is 0 Å². The first-order valence-electron chi connectivity index (χ1n) is 10.8. The Bertz CT molecular complexity index is 849. The minimum absolute atomic E-state index is 0.285. The van der Waals surface area contributed by atoms with E-state index in [-0.39, 0.29) is 11.8 Å². The van der Waals surface area contributed by atoms with Crippen LogP contribution in [0.3, 0.4) is 0 Å². The molecule has 0 bridgehead atoms. The standard InChI is InChI=1S/C22H29N5O2/c28-20-18-14-16-4-5-17(16)15-19(18)21(29)27(20)9-2-1-8-25-10-12-26(13-11-25)22-23-6-3-7-24-22/h3-7,16-17,28-29H,1-2,8-15H2. The minimum Gasteiger partial charge on any atom is -0.494 e. The van der Waals surface area contributed by atoms with Gasteiger partial charge in [-0.3, -0.25) is 9.47 Å². The molecule has 0 aromatic carbocycles. The molecule has 29 heavy (non-hydrogen) atoms. The van der Waals surface area contributed by atoms with Gasteiger partial charge in [-0.05, 0) is 50.1 Å². The second-order valence-electron chi connectivity index (χ2n) is 8.46. The molecule has 2 aliphatic carbocycles. The highest BCUT2D eigenvalue weighted by atomic mass is 16.3. The van der Waals surface area contributed by atoms with Gasteiger partial charge in [-0.1, -0.05) is 12.2 Å². The lowest BCUT2D eigenvalue weighted by Crippen LogP contribution is -2.47. The van der Waals surface area contributed by atoms with E-state index >= 15 is 0 Å². The Kier molecular flexibility index (Phi) is 4.91. The predicted octanol–water partition coefficient (Wildman–Crippen LogP) is 2.19. The number of rotatable bonds is 6. The second kappa shape index (κ2) is 7.71. The number of aromatic nitrogens is 3. The Morgan fingerprint density at radius 3 is 2.00 bits per heavy atom. The molecule has 7 nitrogen and oxygen atoms in total. The van der Waals surface area contributed by atoms with Gasteiger partial charge in [0.2, 0.25) is 5.95 Å². The van der Waals surface area contributed by atoms with Gasteiger partial charge in [0.25, 0.3) is 0 Å². The third-order valence-electron chi connectivity index (χ3n) is 6.76. The molecule has 2 aromatic rings. The molecule has 5 rings (SSSR count). The lowest BCUT2D eigenvalue weighted by atomic mass is 9.70.